The van der Waals surface area contributed by atoms with Crippen LogP contribution < -0.4 is 11.5 Å². The highest BCUT2D eigenvalue weighted by Gasteiger charge is 2.00. The SMILES string of the molecule is CCc1ccc(CC)c(N=C(N)N)c1. The van der Waals surface area contributed by atoms with Gasteiger partial charge in [-0.15, -0.1) is 0 Å². The van der Waals surface area contributed by atoms with E-state index in [1.165, 1.54) is 11.1 Å². The van der Waals surface area contributed by atoms with E-state index < -0.39 is 0 Å². The van der Waals surface area contributed by atoms with Crippen LogP contribution >= 0.6 is 0 Å². The third-order valence-corrected chi connectivity index (χ3v) is 2.19. The Morgan fingerprint density at radius 3 is 2.43 bits per heavy atom. The van der Waals surface area contributed by atoms with E-state index in [-0.39, 0.29) is 5.96 Å². The van der Waals surface area contributed by atoms with Gasteiger partial charge in [-0.2, -0.15) is 0 Å². The summed E-state index contributed by atoms with van der Waals surface area (Å²) in [5, 5.41) is 0. The molecule has 3 heteroatoms. The van der Waals surface area contributed by atoms with E-state index in [0.29, 0.717) is 0 Å². The van der Waals surface area contributed by atoms with Crippen molar-refractivity contribution in [2.45, 2.75) is 26.7 Å². The number of aliphatic imine (C=N–C) groups is 1. The van der Waals surface area contributed by atoms with Gasteiger partial charge in [-0.05, 0) is 30.0 Å². The van der Waals surface area contributed by atoms with Crippen LogP contribution in [0.1, 0.15) is 25.0 Å². The second-order valence-electron chi connectivity index (χ2n) is 3.21. The molecule has 14 heavy (non-hydrogen) atoms. The number of nitrogens with zero attached hydrogens (tertiary/aromatic N) is 1. The smallest absolute Gasteiger partial charge is 0.191 e. The largest absolute Gasteiger partial charge is 0.370 e. The van der Waals surface area contributed by atoms with Crippen molar-refractivity contribution in [3.05, 3.63) is 29.3 Å². The summed E-state index contributed by atoms with van der Waals surface area (Å²) >= 11 is 0. The summed E-state index contributed by atoms with van der Waals surface area (Å²) in [6, 6.07) is 6.24. The Kier molecular flexibility index (Phi) is 3.51. The second kappa shape index (κ2) is 4.65. The third kappa shape index (κ3) is 2.49. The summed E-state index contributed by atoms with van der Waals surface area (Å²) in [6.07, 6.45) is 1.94. The standard InChI is InChI=1S/C11H17N3/c1-3-8-5-6-9(4-2)10(7-8)14-11(12)13/h5-7H,3-4H2,1-2H3,(H4,12,13,14). The molecule has 0 radical (unpaired) electrons. The van der Waals surface area contributed by atoms with Crippen molar-refractivity contribution in [3.8, 4) is 0 Å². The Bertz CT molecular complexity index is 338. The molecule has 0 amide bonds. The van der Waals surface area contributed by atoms with E-state index in [9.17, 15) is 0 Å². The van der Waals surface area contributed by atoms with Crippen LogP contribution in [0.15, 0.2) is 23.2 Å². The Balaban J connectivity index is 3.15. The van der Waals surface area contributed by atoms with Crippen LogP contribution in [0.5, 0.6) is 0 Å². The van der Waals surface area contributed by atoms with Gasteiger partial charge in [0.2, 0.25) is 0 Å². The fourth-order valence-electron chi connectivity index (χ4n) is 1.37. The maximum atomic E-state index is 5.37. The molecular formula is C11H17N3. The van der Waals surface area contributed by atoms with Crippen LogP contribution in [-0.2, 0) is 12.8 Å². The first-order valence-corrected chi connectivity index (χ1v) is 4.88. The highest BCUT2D eigenvalue weighted by molar-refractivity contribution is 5.79. The monoisotopic (exact) mass is 191 g/mol. The van der Waals surface area contributed by atoms with Crippen molar-refractivity contribution >= 4 is 11.6 Å². The molecule has 0 fully saturated rings. The summed E-state index contributed by atoms with van der Waals surface area (Å²) in [5.41, 5.74) is 14.1. The minimum absolute atomic E-state index is 0.118. The van der Waals surface area contributed by atoms with E-state index in [1.54, 1.807) is 0 Å². The van der Waals surface area contributed by atoms with Gasteiger partial charge in [0.1, 0.15) is 0 Å². The fraction of sp³-hybridized carbons (Fsp3) is 0.364. The van der Waals surface area contributed by atoms with Crippen LogP contribution in [-0.4, -0.2) is 5.96 Å². The van der Waals surface area contributed by atoms with E-state index in [0.717, 1.165) is 18.5 Å². The molecule has 1 aromatic carbocycles. The molecule has 76 valence electrons. The zero-order valence-electron chi connectivity index (χ0n) is 8.75. The predicted molar refractivity (Wildman–Crippen MR) is 60.7 cm³/mol. The van der Waals surface area contributed by atoms with Crippen LogP contribution in [0.2, 0.25) is 0 Å². The number of guanidine groups is 1. The minimum atomic E-state index is 0.118. The molecule has 0 unspecified atom stereocenters. The molecular weight excluding hydrogens is 174 g/mol. The molecule has 1 aromatic rings. The lowest BCUT2D eigenvalue weighted by Gasteiger charge is -2.05. The van der Waals surface area contributed by atoms with Gasteiger partial charge in [0.15, 0.2) is 5.96 Å². The molecule has 0 saturated carbocycles. The fourth-order valence-corrected chi connectivity index (χ4v) is 1.37. The zero-order valence-corrected chi connectivity index (χ0v) is 8.75. The summed E-state index contributed by atoms with van der Waals surface area (Å²) < 4.78 is 0. The minimum Gasteiger partial charge on any atom is -0.370 e. The Hall–Kier alpha value is -1.51. The zero-order chi connectivity index (χ0) is 10.6. The van der Waals surface area contributed by atoms with Crippen molar-refractivity contribution in [2.24, 2.45) is 16.5 Å². The van der Waals surface area contributed by atoms with Crippen molar-refractivity contribution < 1.29 is 0 Å². The number of nitrogens with two attached hydrogens (primary N) is 2. The van der Waals surface area contributed by atoms with E-state index in [4.69, 9.17) is 11.5 Å². The normalized spacial score (nSPS) is 9.86. The molecule has 0 spiro atoms. The van der Waals surface area contributed by atoms with Crippen molar-refractivity contribution in [3.63, 3.8) is 0 Å². The number of aryl methyl sites for hydroxylation is 2. The Labute approximate surface area is 84.8 Å². The molecule has 0 bridgehead atoms. The van der Waals surface area contributed by atoms with Gasteiger partial charge in [0, 0.05) is 0 Å². The molecule has 0 aliphatic rings. The van der Waals surface area contributed by atoms with Crippen LogP contribution in [0.4, 0.5) is 5.69 Å². The molecule has 0 aromatic heterocycles. The average molecular weight is 191 g/mol. The van der Waals surface area contributed by atoms with Gasteiger partial charge in [-0.25, -0.2) is 4.99 Å². The van der Waals surface area contributed by atoms with Gasteiger partial charge in [-0.1, -0.05) is 26.0 Å². The molecule has 0 saturated heterocycles. The maximum Gasteiger partial charge on any atom is 0.191 e. The lowest BCUT2D eigenvalue weighted by molar-refractivity contribution is 1.09. The van der Waals surface area contributed by atoms with Crippen molar-refractivity contribution in [1.29, 1.82) is 0 Å². The van der Waals surface area contributed by atoms with Gasteiger partial charge in [0.05, 0.1) is 5.69 Å². The molecule has 0 aliphatic carbocycles. The third-order valence-electron chi connectivity index (χ3n) is 2.19. The molecule has 4 N–H and O–H groups in total. The van der Waals surface area contributed by atoms with Gasteiger partial charge in [-0.3, -0.25) is 0 Å². The first-order chi connectivity index (χ1) is 6.67. The number of benzene rings is 1. The van der Waals surface area contributed by atoms with Crippen LogP contribution in [0.3, 0.4) is 0 Å². The quantitative estimate of drug-likeness (QED) is 0.564. The summed E-state index contributed by atoms with van der Waals surface area (Å²) in [6.45, 7) is 4.20. The van der Waals surface area contributed by atoms with Crippen molar-refractivity contribution in [1.82, 2.24) is 0 Å². The average Bonchev–Trinajstić information content (AvgIpc) is 2.16. The van der Waals surface area contributed by atoms with Crippen molar-refractivity contribution in [2.75, 3.05) is 0 Å². The summed E-state index contributed by atoms with van der Waals surface area (Å²) in [5.74, 6) is 0.118. The molecule has 0 aliphatic heterocycles. The first-order valence-electron chi connectivity index (χ1n) is 4.88. The first kappa shape index (κ1) is 10.6. The highest BCUT2D eigenvalue weighted by atomic mass is 15.0. The Morgan fingerprint density at radius 1 is 1.21 bits per heavy atom. The van der Waals surface area contributed by atoms with Gasteiger partial charge >= 0.3 is 0 Å². The lowest BCUT2D eigenvalue weighted by atomic mass is 10.1. The van der Waals surface area contributed by atoms with Gasteiger partial charge < -0.3 is 11.5 Å². The molecule has 0 atom stereocenters. The summed E-state index contributed by atoms with van der Waals surface area (Å²) in [7, 11) is 0. The lowest BCUT2D eigenvalue weighted by Crippen LogP contribution is -2.22. The molecule has 0 heterocycles. The number of rotatable bonds is 3. The molecule has 3 nitrogen and oxygen atoms in total. The van der Waals surface area contributed by atoms with Crippen LogP contribution in [0.25, 0.3) is 0 Å². The number of hydrogen-bond donors (Lipinski definition) is 2. The van der Waals surface area contributed by atoms with Gasteiger partial charge in [0.25, 0.3) is 0 Å². The molecule has 1 rings (SSSR count). The topological polar surface area (TPSA) is 64.4 Å². The highest BCUT2D eigenvalue weighted by Crippen LogP contribution is 2.21. The van der Waals surface area contributed by atoms with E-state index in [1.807, 2.05) is 6.07 Å². The number of hydrogen-bond acceptors (Lipinski definition) is 1. The second-order valence-corrected chi connectivity index (χ2v) is 3.21. The van der Waals surface area contributed by atoms with E-state index in [2.05, 4.69) is 31.0 Å². The summed E-state index contributed by atoms with van der Waals surface area (Å²) in [4.78, 5) is 4.11. The van der Waals surface area contributed by atoms with Crippen LogP contribution in [0, 0.1) is 0 Å². The maximum absolute atomic E-state index is 5.37. The van der Waals surface area contributed by atoms with E-state index >= 15 is 0 Å². The Morgan fingerprint density at radius 2 is 1.93 bits per heavy atom. The predicted octanol–water partition coefficient (Wildman–Crippen LogP) is 1.72.